The summed E-state index contributed by atoms with van der Waals surface area (Å²) in [6, 6.07) is 8.81. The second-order valence-electron chi connectivity index (χ2n) is 4.94. The molecule has 0 fully saturated rings. The van der Waals surface area contributed by atoms with Crippen molar-refractivity contribution in [1.82, 2.24) is 5.32 Å². The molecule has 6 heteroatoms. The van der Waals surface area contributed by atoms with Gasteiger partial charge in [-0.25, -0.2) is 0 Å². The maximum atomic E-state index is 12.0. The number of rotatable bonds is 4. The van der Waals surface area contributed by atoms with Gasteiger partial charge < -0.3 is 20.6 Å². The third-order valence-corrected chi connectivity index (χ3v) is 3.62. The minimum Gasteiger partial charge on any atom is -0.507 e. The SMILES string of the molecule is Cc1ccc(CCNC(=O)c2c(O)cc(O)c(Cl)c2O)cc1. The molecule has 0 aliphatic rings. The molecule has 0 atom stereocenters. The van der Waals surface area contributed by atoms with Crippen LogP contribution in [0.3, 0.4) is 0 Å². The fraction of sp³-hybridized carbons (Fsp3) is 0.188. The van der Waals surface area contributed by atoms with Gasteiger partial charge in [-0.2, -0.15) is 0 Å². The molecule has 2 rings (SSSR count). The highest BCUT2D eigenvalue weighted by molar-refractivity contribution is 6.34. The van der Waals surface area contributed by atoms with Gasteiger partial charge >= 0.3 is 0 Å². The van der Waals surface area contributed by atoms with Crippen LogP contribution in [-0.2, 0) is 6.42 Å². The number of hydrogen-bond donors (Lipinski definition) is 4. The molecule has 0 radical (unpaired) electrons. The molecule has 2 aromatic carbocycles. The smallest absolute Gasteiger partial charge is 0.258 e. The van der Waals surface area contributed by atoms with Gasteiger partial charge in [0, 0.05) is 12.6 Å². The third-order valence-electron chi connectivity index (χ3n) is 3.25. The van der Waals surface area contributed by atoms with Crippen LogP contribution in [0.4, 0.5) is 0 Å². The quantitative estimate of drug-likeness (QED) is 0.697. The molecule has 0 aromatic heterocycles. The highest BCUT2D eigenvalue weighted by Crippen LogP contribution is 2.40. The molecule has 0 saturated heterocycles. The second-order valence-corrected chi connectivity index (χ2v) is 5.32. The van der Waals surface area contributed by atoms with Crippen molar-refractivity contribution < 1.29 is 20.1 Å². The van der Waals surface area contributed by atoms with Gasteiger partial charge in [0.05, 0.1) is 0 Å². The van der Waals surface area contributed by atoms with E-state index in [1.165, 1.54) is 0 Å². The summed E-state index contributed by atoms with van der Waals surface area (Å²) in [7, 11) is 0. The van der Waals surface area contributed by atoms with Gasteiger partial charge in [0.2, 0.25) is 0 Å². The standard InChI is InChI=1S/C16H16ClNO4/c1-9-2-4-10(5-3-9)6-7-18-16(22)13-11(19)8-12(20)14(17)15(13)21/h2-5,8,19-21H,6-7H2,1H3,(H,18,22). The molecular weight excluding hydrogens is 306 g/mol. The maximum absolute atomic E-state index is 12.0. The Balaban J connectivity index is 2.04. The first-order chi connectivity index (χ1) is 10.4. The second kappa shape index (κ2) is 6.58. The Morgan fingerprint density at radius 2 is 1.77 bits per heavy atom. The molecule has 22 heavy (non-hydrogen) atoms. The molecule has 0 saturated carbocycles. The molecule has 0 spiro atoms. The van der Waals surface area contributed by atoms with Crippen molar-refractivity contribution in [1.29, 1.82) is 0 Å². The third kappa shape index (κ3) is 3.43. The summed E-state index contributed by atoms with van der Waals surface area (Å²) in [5, 5.41) is 31.0. The normalized spacial score (nSPS) is 10.5. The molecule has 0 aliphatic carbocycles. The summed E-state index contributed by atoms with van der Waals surface area (Å²) in [4.78, 5) is 12.0. The zero-order chi connectivity index (χ0) is 16.3. The molecule has 2 aromatic rings. The molecule has 0 heterocycles. The van der Waals surface area contributed by atoms with Crippen molar-refractivity contribution in [2.75, 3.05) is 6.54 Å². The lowest BCUT2D eigenvalue weighted by Gasteiger charge is -2.11. The summed E-state index contributed by atoms with van der Waals surface area (Å²) in [5.41, 5.74) is 1.86. The van der Waals surface area contributed by atoms with E-state index < -0.39 is 23.2 Å². The van der Waals surface area contributed by atoms with Crippen LogP contribution in [0.25, 0.3) is 0 Å². The van der Waals surface area contributed by atoms with Crippen LogP contribution >= 0.6 is 11.6 Å². The molecule has 116 valence electrons. The number of benzene rings is 2. The van der Waals surface area contributed by atoms with Crippen molar-refractivity contribution in [3.05, 3.63) is 52.0 Å². The van der Waals surface area contributed by atoms with E-state index in [2.05, 4.69) is 5.32 Å². The number of halogens is 1. The van der Waals surface area contributed by atoms with Crippen LogP contribution in [0.15, 0.2) is 30.3 Å². The van der Waals surface area contributed by atoms with Crippen LogP contribution in [0, 0.1) is 6.92 Å². The Morgan fingerprint density at radius 1 is 1.14 bits per heavy atom. The largest absolute Gasteiger partial charge is 0.507 e. The van der Waals surface area contributed by atoms with E-state index >= 15 is 0 Å². The number of carbonyl (C=O) groups is 1. The van der Waals surface area contributed by atoms with E-state index in [-0.39, 0.29) is 10.6 Å². The van der Waals surface area contributed by atoms with Crippen molar-refractivity contribution in [2.24, 2.45) is 0 Å². The van der Waals surface area contributed by atoms with Gasteiger partial charge in [-0.15, -0.1) is 0 Å². The summed E-state index contributed by atoms with van der Waals surface area (Å²) >= 11 is 5.65. The molecule has 5 nitrogen and oxygen atoms in total. The van der Waals surface area contributed by atoms with Gasteiger partial charge in [-0.1, -0.05) is 41.4 Å². The predicted octanol–water partition coefficient (Wildman–Crippen LogP) is 2.74. The summed E-state index contributed by atoms with van der Waals surface area (Å²) in [6.07, 6.45) is 0.610. The lowest BCUT2D eigenvalue weighted by molar-refractivity contribution is 0.0948. The molecule has 4 N–H and O–H groups in total. The average Bonchev–Trinajstić information content (AvgIpc) is 2.47. The first kappa shape index (κ1) is 16.0. The highest BCUT2D eigenvalue weighted by Gasteiger charge is 2.21. The number of amides is 1. The Morgan fingerprint density at radius 3 is 2.41 bits per heavy atom. The molecule has 1 amide bonds. The molecule has 0 aliphatic heterocycles. The van der Waals surface area contributed by atoms with E-state index in [1.54, 1.807) is 0 Å². The van der Waals surface area contributed by atoms with Crippen molar-refractivity contribution >= 4 is 17.5 Å². The van der Waals surface area contributed by atoms with Crippen LogP contribution in [0.1, 0.15) is 21.5 Å². The minimum atomic E-state index is -0.663. The summed E-state index contributed by atoms with van der Waals surface area (Å²) in [5.74, 6) is -2.34. The van der Waals surface area contributed by atoms with Crippen molar-refractivity contribution in [3.8, 4) is 17.2 Å². The summed E-state index contributed by atoms with van der Waals surface area (Å²) < 4.78 is 0. The van der Waals surface area contributed by atoms with Crippen molar-refractivity contribution in [2.45, 2.75) is 13.3 Å². The van der Waals surface area contributed by atoms with E-state index in [0.717, 1.165) is 17.2 Å². The van der Waals surface area contributed by atoms with Gasteiger partial charge in [0.25, 0.3) is 5.91 Å². The number of carbonyl (C=O) groups excluding carboxylic acids is 1. The first-order valence-electron chi connectivity index (χ1n) is 6.67. The Labute approximate surface area is 132 Å². The minimum absolute atomic E-state index is 0.333. The first-order valence-corrected chi connectivity index (χ1v) is 7.05. The Hall–Kier alpha value is -2.40. The molecule has 0 bridgehead atoms. The van der Waals surface area contributed by atoms with Gasteiger partial charge in [0.15, 0.2) is 5.75 Å². The zero-order valence-electron chi connectivity index (χ0n) is 11.9. The van der Waals surface area contributed by atoms with Gasteiger partial charge in [-0.3, -0.25) is 4.79 Å². The number of nitrogens with one attached hydrogen (secondary N) is 1. The van der Waals surface area contributed by atoms with Gasteiger partial charge in [0.1, 0.15) is 22.1 Å². The predicted molar refractivity (Wildman–Crippen MR) is 83.7 cm³/mol. The number of phenolic OH excluding ortho intramolecular Hbond substituents is 3. The van der Waals surface area contributed by atoms with E-state index in [0.29, 0.717) is 13.0 Å². The molecular formula is C16H16ClNO4. The van der Waals surface area contributed by atoms with Crippen LogP contribution in [0.5, 0.6) is 17.2 Å². The van der Waals surface area contributed by atoms with E-state index in [1.807, 2.05) is 31.2 Å². The Kier molecular flexibility index (Phi) is 4.78. The van der Waals surface area contributed by atoms with Crippen LogP contribution < -0.4 is 5.32 Å². The molecule has 0 unspecified atom stereocenters. The van der Waals surface area contributed by atoms with E-state index in [9.17, 15) is 20.1 Å². The van der Waals surface area contributed by atoms with Crippen LogP contribution in [0.2, 0.25) is 5.02 Å². The zero-order valence-corrected chi connectivity index (χ0v) is 12.7. The van der Waals surface area contributed by atoms with Crippen LogP contribution in [-0.4, -0.2) is 27.8 Å². The Bertz CT molecular complexity index is 698. The van der Waals surface area contributed by atoms with Gasteiger partial charge in [-0.05, 0) is 18.9 Å². The van der Waals surface area contributed by atoms with E-state index in [4.69, 9.17) is 11.6 Å². The highest BCUT2D eigenvalue weighted by atomic mass is 35.5. The number of hydrogen-bond acceptors (Lipinski definition) is 4. The van der Waals surface area contributed by atoms with Crippen molar-refractivity contribution in [3.63, 3.8) is 0 Å². The fourth-order valence-corrected chi connectivity index (χ4v) is 2.15. The summed E-state index contributed by atoms with van der Waals surface area (Å²) in [6.45, 7) is 2.32. The fourth-order valence-electron chi connectivity index (χ4n) is 2.00. The lowest BCUT2D eigenvalue weighted by atomic mass is 10.1. The monoisotopic (exact) mass is 321 g/mol. The topological polar surface area (TPSA) is 89.8 Å². The maximum Gasteiger partial charge on any atom is 0.258 e. The number of aryl methyl sites for hydroxylation is 1. The number of phenols is 3. The average molecular weight is 322 g/mol. The lowest BCUT2D eigenvalue weighted by Crippen LogP contribution is -2.25. The number of aromatic hydroxyl groups is 3.